The van der Waals surface area contributed by atoms with Crippen molar-refractivity contribution in [2.75, 3.05) is 32.8 Å². The number of amides is 1. The Morgan fingerprint density at radius 2 is 1.51 bits per heavy atom. The van der Waals surface area contributed by atoms with Gasteiger partial charge in [0, 0.05) is 12.6 Å². The van der Waals surface area contributed by atoms with Crippen LogP contribution in [0.5, 0.6) is 0 Å². The predicted molar refractivity (Wildman–Crippen MR) is 144 cm³/mol. The Morgan fingerprint density at radius 1 is 0.971 bits per heavy atom. The predicted octanol–water partition coefficient (Wildman–Crippen LogP) is 4.48. The lowest BCUT2D eigenvalue weighted by molar-refractivity contribution is -0.123. The number of carbonyl (C=O) groups is 1. The molecule has 192 valence electrons. The number of hydrogen-bond acceptors (Lipinski definition) is 4. The Bertz CT molecular complexity index is 819. The van der Waals surface area contributed by atoms with Crippen molar-refractivity contribution in [1.82, 2.24) is 10.2 Å². The van der Waals surface area contributed by atoms with E-state index in [9.17, 15) is 4.79 Å². The van der Waals surface area contributed by atoms with E-state index in [0.717, 1.165) is 43.7 Å². The average molecular weight is 480 g/mol. The summed E-state index contributed by atoms with van der Waals surface area (Å²) < 4.78 is 0. The van der Waals surface area contributed by atoms with E-state index in [-0.39, 0.29) is 24.5 Å². The van der Waals surface area contributed by atoms with E-state index in [4.69, 9.17) is 10.8 Å². The van der Waals surface area contributed by atoms with E-state index >= 15 is 0 Å². The maximum atomic E-state index is 13.2. The van der Waals surface area contributed by atoms with Crippen molar-refractivity contribution in [3.8, 4) is 0 Å². The number of hydrogen-bond donors (Lipinski definition) is 3. The maximum absolute atomic E-state index is 13.2. The van der Waals surface area contributed by atoms with Crippen LogP contribution in [0.1, 0.15) is 69.4 Å². The van der Waals surface area contributed by atoms with Crippen molar-refractivity contribution in [3.63, 3.8) is 0 Å². The molecule has 2 atom stereocenters. The Labute approximate surface area is 212 Å². The highest BCUT2D eigenvalue weighted by Gasteiger charge is 2.49. The third-order valence-electron chi connectivity index (χ3n) is 7.65. The van der Waals surface area contributed by atoms with Crippen molar-refractivity contribution >= 4 is 5.91 Å². The molecule has 0 radical (unpaired) electrons. The van der Waals surface area contributed by atoms with Crippen molar-refractivity contribution < 1.29 is 9.90 Å². The fourth-order valence-electron chi connectivity index (χ4n) is 5.67. The number of aliphatic hydroxyl groups is 1. The van der Waals surface area contributed by atoms with E-state index in [1.807, 2.05) is 43.3 Å². The summed E-state index contributed by atoms with van der Waals surface area (Å²) in [6, 6.07) is 20.5. The molecule has 0 aromatic heterocycles. The lowest BCUT2D eigenvalue weighted by Crippen LogP contribution is -2.49. The molecular formula is C30H45N3O2. The minimum Gasteiger partial charge on any atom is -0.395 e. The molecule has 0 aliphatic carbocycles. The van der Waals surface area contributed by atoms with Crippen molar-refractivity contribution in [2.24, 2.45) is 11.7 Å². The SMILES string of the molecule is C[C@H](CO)NCCCCCCCCCN1CC[C@H](C(C(N)=O)(c2ccccc2)c2ccccc2)C1. The average Bonchev–Trinajstić information content (AvgIpc) is 3.35. The van der Waals surface area contributed by atoms with Crippen LogP contribution in [0.3, 0.4) is 0 Å². The minimum absolute atomic E-state index is 0.173. The van der Waals surface area contributed by atoms with Gasteiger partial charge in [0.25, 0.3) is 0 Å². The summed E-state index contributed by atoms with van der Waals surface area (Å²) in [6.45, 7) is 6.25. The summed E-state index contributed by atoms with van der Waals surface area (Å²) in [7, 11) is 0. The molecule has 0 unspecified atom stereocenters. The Kier molecular flexibility index (Phi) is 11.2. The van der Waals surface area contributed by atoms with Crippen LogP contribution < -0.4 is 11.1 Å². The monoisotopic (exact) mass is 479 g/mol. The summed E-state index contributed by atoms with van der Waals surface area (Å²) in [5.74, 6) is -0.0743. The molecule has 5 heteroatoms. The second kappa shape index (κ2) is 14.4. The Morgan fingerprint density at radius 3 is 2.06 bits per heavy atom. The molecule has 4 N–H and O–H groups in total. The quantitative estimate of drug-likeness (QED) is 0.310. The molecule has 1 heterocycles. The van der Waals surface area contributed by atoms with Gasteiger partial charge in [-0.25, -0.2) is 0 Å². The van der Waals surface area contributed by atoms with Gasteiger partial charge in [-0.15, -0.1) is 0 Å². The van der Waals surface area contributed by atoms with Crippen molar-refractivity contribution in [3.05, 3.63) is 71.8 Å². The number of nitrogens with zero attached hydrogens (tertiary/aromatic N) is 1. The number of likely N-dealkylation sites (tertiary alicyclic amines) is 1. The molecule has 1 fully saturated rings. The fraction of sp³-hybridized carbons (Fsp3) is 0.567. The fourth-order valence-corrected chi connectivity index (χ4v) is 5.67. The van der Waals surface area contributed by atoms with Crippen LogP contribution in [0, 0.1) is 5.92 Å². The first-order valence-corrected chi connectivity index (χ1v) is 13.6. The van der Waals surface area contributed by atoms with E-state index in [2.05, 4.69) is 34.5 Å². The van der Waals surface area contributed by atoms with Gasteiger partial charge < -0.3 is 21.1 Å². The molecule has 1 aliphatic rings. The maximum Gasteiger partial charge on any atom is 0.232 e. The number of unbranched alkanes of at least 4 members (excludes halogenated alkanes) is 6. The smallest absolute Gasteiger partial charge is 0.232 e. The first-order chi connectivity index (χ1) is 17.1. The molecule has 1 saturated heterocycles. The van der Waals surface area contributed by atoms with Gasteiger partial charge >= 0.3 is 0 Å². The molecule has 0 spiro atoms. The summed E-state index contributed by atoms with van der Waals surface area (Å²) in [5.41, 5.74) is 7.43. The number of benzene rings is 2. The summed E-state index contributed by atoms with van der Waals surface area (Å²) in [5, 5.41) is 12.4. The number of nitrogens with two attached hydrogens (primary N) is 1. The molecule has 0 saturated carbocycles. The number of carbonyl (C=O) groups excluding carboxylic acids is 1. The van der Waals surface area contributed by atoms with Gasteiger partial charge in [0.15, 0.2) is 0 Å². The van der Waals surface area contributed by atoms with Gasteiger partial charge in [-0.2, -0.15) is 0 Å². The van der Waals surface area contributed by atoms with Crippen LogP contribution in [0.15, 0.2) is 60.7 Å². The molecular weight excluding hydrogens is 434 g/mol. The van der Waals surface area contributed by atoms with E-state index in [1.54, 1.807) is 0 Å². The molecule has 2 aromatic carbocycles. The number of aliphatic hydroxyl groups excluding tert-OH is 1. The van der Waals surface area contributed by atoms with Gasteiger partial charge in [0.1, 0.15) is 5.41 Å². The first-order valence-electron chi connectivity index (χ1n) is 13.6. The topological polar surface area (TPSA) is 78.6 Å². The first kappa shape index (κ1) is 27.4. The summed E-state index contributed by atoms with van der Waals surface area (Å²) >= 11 is 0. The van der Waals surface area contributed by atoms with E-state index in [0.29, 0.717) is 0 Å². The number of rotatable bonds is 16. The third kappa shape index (κ3) is 7.39. The summed E-state index contributed by atoms with van der Waals surface area (Å²) in [6.07, 6.45) is 9.77. The largest absolute Gasteiger partial charge is 0.395 e. The highest BCUT2D eigenvalue weighted by Crippen LogP contribution is 2.43. The molecule has 35 heavy (non-hydrogen) atoms. The Hall–Kier alpha value is -2.21. The van der Waals surface area contributed by atoms with Crippen molar-refractivity contribution in [2.45, 2.75) is 69.7 Å². The zero-order chi connectivity index (χ0) is 24.9. The minimum atomic E-state index is -0.791. The molecule has 1 aliphatic heterocycles. The number of nitrogens with one attached hydrogen (secondary N) is 1. The van der Waals surface area contributed by atoms with E-state index < -0.39 is 5.41 Å². The van der Waals surface area contributed by atoms with Crippen LogP contribution in [0.4, 0.5) is 0 Å². The third-order valence-corrected chi connectivity index (χ3v) is 7.65. The number of primary amides is 1. The van der Waals surface area contributed by atoms with Gasteiger partial charge in [-0.05, 0) is 62.9 Å². The van der Waals surface area contributed by atoms with Gasteiger partial charge in [-0.1, -0.05) is 92.8 Å². The zero-order valence-corrected chi connectivity index (χ0v) is 21.5. The molecule has 1 amide bonds. The second-order valence-electron chi connectivity index (χ2n) is 10.2. The highest BCUT2D eigenvalue weighted by molar-refractivity contribution is 5.91. The van der Waals surface area contributed by atoms with Crippen LogP contribution in [0.25, 0.3) is 0 Å². The zero-order valence-electron chi connectivity index (χ0n) is 21.5. The molecule has 5 nitrogen and oxygen atoms in total. The van der Waals surface area contributed by atoms with Crippen LogP contribution >= 0.6 is 0 Å². The van der Waals surface area contributed by atoms with Gasteiger partial charge in [0.2, 0.25) is 5.91 Å². The lowest BCUT2D eigenvalue weighted by Gasteiger charge is -2.37. The Balaban J connectivity index is 1.47. The normalized spacial score (nSPS) is 17.5. The molecule has 3 rings (SSSR count). The van der Waals surface area contributed by atoms with Crippen LogP contribution in [-0.2, 0) is 10.2 Å². The molecule has 2 aromatic rings. The van der Waals surface area contributed by atoms with Gasteiger partial charge in [0.05, 0.1) is 6.61 Å². The highest BCUT2D eigenvalue weighted by atomic mass is 16.3. The van der Waals surface area contributed by atoms with Crippen LogP contribution in [-0.4, -0.2) is 54.7 Å². The molecule has 0 bridgehead atoms. The van der Waals surface area contributed by atoms with Crippen molar-refractivity contribution in [1.29, 1.82) is 0 Å². The van der Waals surface area contributed by atoms with Gasteiger partial charge in [-0.3, -0.25) is 4.79 Å². The summed E-state index contributed by atoms with van der Waals surface area (Å²) in [4.78, 5) is 15.7. The standard InChI is InChI=1S/C30H45N3O2/c1-25(24-34)32-20-13-5-3-2-4-6-14-21-33-22-19-28(23-33)30(29(31)35,26-15-9-7-10-16-26)27-17-11-8-12-18-27/h7-12,15-18,25,28,32,34H,2-6,13-14,19-24H2,1H3,(H2,31,35)/t25-,28+/m1/s1. The van der Waals surface area contributed by atoms with Crippen LogP contribution in [0.2, 0.25) is 0 Å². The second-order valence-corrected chi connectivity index (χ2v) is 10.2. The lowest BCUT2D eigenvalue weighted by atomic mass is 9.64. The van der Waals surface area contributed by atoms with E-state index in [1.165, 1.54) is 44.9 Å².